The minimum Gasteiger partial charge on any atom is -0.266 e. The molecule has 0 aliphatic heterocycles. The molecule has 0 saturated carbocycles. The van der Waals surface area contributed by atoms with Crippen LogP contribution in [0.1, 0.15) is 10.4 Å². The molecule has 4 aromatic rings. The second-order valence-corrected chi connectivity index (χ2v) is 7.17. The highest BCUT2D eigenvalue weighted by molar-refractivity contribution is 7.15. The zero-order valence-electron chi connectivity index (χ0n) is 12.6. The zero-order valence-corrected chi connectivity index (χ0v) is 14.2. The first-order valence-electron chi connectivity index (χ1n) is 7.18. The molecule has 0 aliphatic carbocycles. The van der Waals surface area contributed by atoms with Crippen molar-refractivity contribution in [2.45, 2.75) is 6.92 Å². The number of thiazole rings is 1. The number of nitrogens with zero attached hydrogens (tertiary/aromatic N) is 3. The number of aromatic nitrogens is 3. The van der Waals surface area contributed by atoms with Crippen molar-refractivity contribution in [1.29, 1.82) is 0 Å². The van der Waals surface area contributed by atoms with Crippen LogP contribution >= 0.6 is 22.7 Å². The molecule has 0 fully saturated rings. The second-order valence-electron chi connectivity index (χ2n) is 5.21. The number of hydrogen-bond donors (Lipinski definition) is 0. The molecular weight excluding hydrogens is 342 g/mol. The van der Waals surface area contributed by atoms with Crippen LogP contribution in [0.3, 0.4) is 0 Å². The first-order valence-corrected chi connectivity index (χ1v) is 8.88. The van der Waals surface area contributed by atoms with E-state index in [1.807, 2.05) is 42.6 Å². The molecule has 0 atom stereocenters. The normalized spacial score (nSPS) is 12.1. The standard InChI is InChI=1S/C17H11N3O2S2/c1-10-7-8-23-12(10)9-13-16(22)20-17(24-13)18-15(21)14(19-20)11-5-3-2-4-6-11/h2-9H,1H3. The maximum atomic E-state index is 12.6. The summed E-state index contributed by atoms with van der Waals surface area (Å²) in [6, 6.07) is 11.0. The van der Waals surface area contributed by atoms with Gasteiger partial charge in [-0.2, -0.15) is 14.6 Å². The summed E-state index contributed by atoms with van der Waals surface area (Å²) < 4.78 is 1.73. The molecule has 0 N–H and O–H groups in total. The van der Waals surface area contributed by atoms with Gasteiger partial charge in [-0.15, -0.1) is 11.3 Å². The van der Waals surface area contributed by atoms with Crippen LogP contribution in [0.2, 0.25) is 0 Å². The summed E-state index contributed by atoms with van der Waals surface area (Å²) in [6.07, 6.45) is 1.83. The first kappa shape index (κ1) is 14.9. The quantitative estimate of drug-likeness (QED) is 0.554. The van der Waals surface area contributed by atoms with Gasteiger partial charge in [0.05, 0.1) is 4.53 Å². The molecule has 3 heterocycles. The molecule has 4 rings (SSSR count). The van der Waals surface area contributed by atoms with E-state index < -0.39 is 5.56 Å². The van der Waals surface area contributed by atoms with Crippen LogP contribution in [-0.2, 0) is 0 Å². The van der Waals surface area contributed by atoms with E-state index in [-0.39, 0.29) is 11.3 Å². The highest BCUT2D eigenvalue weighted by Crippen LogP contribution is 2.16. The molecule has 0 radical (unpaired) electrons. The van der Waals surface area contributed by atoms with E-state index >= 15 is 0 Å². The molecule has 0 spiro atoms. The van der Waals surface area contributed by atoms with Gasteiger partial charge in [-0.3, -0.25) is 9.59 Å². The average molecular weight is 353 g/mol. The van der Waals surface area contributed by atoms with Gasteiger partial charge in [-0.1, -0.05) is 41.7 Å². The molecule has 0 bridgehead atoms. The number of benzene rings is 1. The number of aryl methyl sites for hydroxylation is 1. The van der Waals surface area contributed by atoms with E-state index in [2.05, 4.69) is 10.1 Å². The summed E-state index contributed by atoms with van der Waals surface area (Å²) in [5.41, 5.74) is 1.25. The van der Waals surface area contributed by atoms with Crippen molar-refractivity contribution in [2.75, 3.05) is 0 Å². The van der Waals surface area contributed by atoms with Crippen LogP contribution in [0.4, 0.5) is 0 Å². The molecule has 7 heteroatoms. The lowest BCUT2D eigenvalue weighted by molar-refractivity contribution is 0.873. The fourth-order valence-corrected chi connectivity index (χ4v) is 4.16. The van der Waals surface area contributed by atoms with E-state index in [1.54, 1.807) is 23.5 Å². The molecule has 1 aromatic carbocycles. The molecule has 0 aliphatic rings. The lowest BCUT2D eigenvalue weighted by Crippen LogP contribution is -2.26. The maximum absolute atomic E-state index is 12.6. The highest BCUT2D eigenvalue weighted by atomic mass is 32.1. The number of fused-ring (bicyclic) bond motifs is 1. The molecule has 0 saturated heterocycles. The van der Waals surface area contributed by atoms with Crippen LogP contribution in [-0.4, -0.2) is 14.6 Å². The number of thiophene rings is 1. The first-order chi connectivity index (χ1) is 11.6. The highest BCUT2D eigenvalue weighted by Gasteiger charge is 2.12. The van der Waals surface area contributed by atoms with Crippen molar-refractivity contribution >= 4 is 33.7 Å². The van der Waals surface area contributed by atoms with Gasteiger partial charge in [-0.25, -0.2) is 0 Å². The second kappa shape index (κ2) is 5.77. The van der Waals surface area contributed by atoms with Crippen LogP contribution in [0.15, 0.2) is 51.4 Å². The summed E-state index contributed by atoms with van der Waals surface area (Å²) in [6.45, 7) is 1.99. The van der Waals surface area contributed by atoms with Gasteiger partial charge in [0.15, 0.2) is 5.69 Å². The summed E-state index contributed by atoms with van der Waals surface area (Å²) >= 11 is 2.74. The van der Waals surface area contributed by atoms with E-state index in [4.69, 9.17) is 0 Å². The van der Waals surface area contributed by atoms with E-state index in [9.17, 15) is 9.59 Å². The van der Waals surface area contributed by atoms with Crippen LogP contribution < -0.4 is 15.7 Å². The molecular formula is C17H11N3O2S2. The Labute approximate surface area is 144 Å². The topological polar surface area (TPSA) is 64.3 Å². The SMILES string of the molecule is Cc1ccsc1C=c1sc2nc(=O)c(-c3ccccc3)nn2c1=O. The largest absolute Gasteiger partial charge is 0.300 e. The van der Waals surface area contributed by atoms with Gasteiger partial charge in [0.1, 0.15) is 0 Å². The minimum absolute atomic E-state index is 0.182. The van der Waals surface area contributed by atoms with Gasteiger partial charge >= 0.3 is 5.56 Å². The number of hydrogen-bond acceptors (Lipinski definition) is 6. The lowest BCUT2D eigenvalue weighted by atomic mass is 10.2. The Morgan fingerprint density at radius 2 is 1.92 bits per heavy atom. The third-order valence-corrected chi connectivity index (χ3v) is 5.52. The average Bonchev–Trinajstić information content (AvgIpc) is 3.12. The predicted octanol–water partition coefficient (Wildman–Crippen LogP) is 2.10. The predicted molar refractivity (Wildman–Crippen MR) is 96.7 cm³/mol. The molecule has 0 amide bonds. The zero-order chi connectivity index (χ0) is 16.7. The van der Waals surface area contributed by atoms with Gasteiger partial charge in [0, 0.05) is 10.4 Å². The van der Waals surface area contributed by atoms with Gasteiger partial charge in [0.2, 0.25) is 4.96 Å². The monoisotopic (exact) mass is 353 g/mol. The van der Waals surface area contributed by atoms with Crippen molar-refractivity contribution in [3.8, 4) is 11.3 Å². The summed E-state index contributed by atoms with van der Waals surface area (Å²) in [5, 5.41) is 6.22. The lowest BCUT2D eigenvalue weighted by Gasteiger charge is -1.98. The summed E-state index contributed by atoms with van der Waals surface area (Å²) in [4.78, 5) is 30.2. The molecule has 118 valence electrons. The summed E-state index contributed by atoms with van der Waals surface area (Å²) in [7, 11) is 0. The third-order valence-electron chi connectivity index (χ3n) is 3.60. The smallest absolute Gasteiger partial charge is 0.266 e. The Kier molecular flexibility index (Phi) is 3.59. The van der Waals surface area contributed by atoms with Crippen molar-refractivity contribution in [1.82, 2.24) is 14.6 Å². The minimum atomic E-state index is -0.429. The van der Waals surface area contributed by atoms with Crippen LogP contribution in [0.25, 0.3) is 22.3 Å². The van der Waals surface area contributed by atoms with Crippen molar-refractivity contribution < 1.29 is 0 Å². The Morgan fingerprint density at radius 1 is 1.12 bits per heavy atom. The fourth-order valence-electron chi connectivity index (χ4n) is 2.34. The molecule has 0 unspecified atom stereocenters. The van der Waals surface area contributed by atoms with Gasteiger partial charge in [-0.05, 0) is 30.0 Å². The molecule has 3 aromatic heterocycles. The van der Waals surface area contributed by atoms with Gasteiger partial charge in [0.25, 0.3) is 5.56 Å². The Morgan fingerprint density at radius 3 is 2.62 bits per heavy atom. The van der Waals surface area contributed by atoms with E-state index in [0.717, 1.165) is 10.4 Å². The van der Waals surface area contributed by atoms with Crippen LogP contribution in [0.5, 0.6) is 0 Å². The van der Waals surface area contributed by atoms with Crippen molar-refractivity contribution in [2.24, 2.45) is 0 Å². The molecule has 5 nitrogen and oxygen atoms in total. The van der Waals surface area contributed by atoms with Crippen molar-refractivity contribution in [3.05, 3.63) is 77.5 Å². The van der Waals surface area contributed by atoms with E-state index in [0.29, 0.717) is 15.1 Å². The van der Waals surface area contributed by atoms with E-state index in [1.165, 1.54) is 15.9 Å². The van der Waals surface area contributed by atoms with Crippen molar-refractivity contribution in [3.63, 3.8) is 0 Å². The number of rotatable bonds is 2. The Hall–Kier alpha value is -2.64. The Balaban J connectivity index is 1.98. The fraction of sp³-hybridized carbons (Fsp3) is 0.0588. The third kappa shape index (κ3) is 2.47. The van der Waals surface area contributed by atoms with Gasteiger partial charge < -0.3 is 0 Å². The van der Waals surface area contributed by atoms with Crippen LogP contribution in [0, 0.1) is 6.92 Å². The summed E-state index contributed by atoms with van der Waals surface area (Å²) in [5.74, 6) is 0. The Bertz CT molecular complexity index is 1210. The maximum Gasteiger partial charge on any atom is 0.300 e. The molecule has 24 heavy (non-hydrogen) atoms.